The highest BCUT2D eigenvalue weighted by molar-refractivity contribution is 5.99. The van der Waals surface area contributed by atoms with E-state index in [9.17, 15) is 14.0 Å². The fourth-order valence-electron chi connectivity index (χ4n) is 3.63. The maximum absolute atomic E-state index is 13.5. The van der Waals surface area contributed by atoms with Crippen LogP contribution in [0.4, 0.5) is 15.8 Å². The molecule has 134 valence electrons. The lowest BCUT2D eigenvalue weighted by molar-refractivity contribution is -0.119. The first-order chi connectivity index (χ1) is 12.6. The van der Waals surface area contributed by atoms with E-state index in [0.29, 0.717) is 18.5 Å². The maximum atomic E-state index is 13.5. The second-order valence-corrected chi connectivity index (χ2v) is 6.56. The fourth-order valence-corrected chi connectivity index (χ4v) is 3.63. The van der Waals surface area contributed by atoms with E-state index in [1.54, 1.807) is 12.1 Å². The Labute approximate surface area is 150 Å². The van der Waals surface area contributed by atoms with Crippen molar-refractivity contribution in [2.45, 2.75) is 25.7 Å². The lowest BCUT2D eigenvalue weighted by atomic mass is 9.91. The zero-order chi connectivity index (χ0) is 18.1. The molecular formula is C20H19FN2O3. The van der Waals surface area contributed by atoms with Gasteiger partial charge in [0, 0.05) is 18.7 Å². The number of carbonyl (C=O) groups is 2. The number of aryl methyl sites for hydroxylation is 2. The van der Waals surface area contributed by atoms with Crippen LogP contribution in [-0.4, -0.2) is 25.0 Å². The second kappa shape index (κ2) is 6.78. The Hall–Kier alpha value is -2.89. The highest BCUT2D eigenvalue weighted by atomic mass is 19.1. The van der Waals surface area contributed by atoms with Crippen LogP contribution in [0.1, 0.15) is 24.0 Å². The maximum Gasteiger partial charge on any atom is 0.262 e. The molecule has 2 aromatic carbocycles. The smallest absolute Gasteiger partial charge is 0.262 e. The number of hydrogen-bond acceptors (Lipinski definition) is 3. The van der Waals surface area contributed by atoms with Gasteiger partial charge >= 0.3 is 0 Å². The summed E-state index contributed by atoms with van der Waals surface area (Å²) in [7, 11) is 0. The third-order valence-corrected chi connectivity index (χ3v) is 4.75. The van der Waals surface area contributed by atoms with Gasteiger partial charge in [-0.1, -0.05) is 12.1 Å². The lowest BCUT2D eigenvalue weighted by Gasteiger charge is -2.35. The fraction of sp³-hybridized carbons (Fsp3) is 0.300. The highest BCUT2D eigenvalue weighted by Crippen LogP contribution is 2.37. The standard InChI is InChI=1S/C20H19FN2O3/c21-16-5-1-2-6-17(16)26-12-18(24)22-15-10-13-4-3-9-23-19(25)8-7-14(11-15)20(13)23/h1-2,5-6,10-11H,3-4,7-9,12H2,(H,22,24). The van der Waals surface area contributed by atoms with Gasteiger partial charge in [-0.05, 0) is 54.7 Å². The molecule has 0 saturated heterocycles. The molecule has 2 aromatic rings. The molecule has 2 heterocycles. The number of benzene rings is 2. The molecule has 1 N–H and O–H groups in total. The van der Waals surface area contributed by atoms with Gasteiger partial charge in [-0.3, -0.25) is 9.59 Å². The van der Waals surface area contributed by atoms with Crippen LogP contribution in [0.2, 0.25) is 0 Å². The van der Waals surface area contributed by atoms with Crippen molar-refractivity contribution in [3.63, 3.8) is 0 Å². The van der Waals surface area contributed by atoms with E-state index >= 15 is 0 Å². The first-order valence-electron chi connectivity index (χ1n) is 8.75. The van der Waals surface area contributed by atoms with E-state index in [1.807, 2.05) is 17.0 Å². The summed E-state index contributed by atoms with van der Waals surface area (Å²) in [5.74, 6) is -0.617. The summed E-state index contributed by atoms with van der Waals surface area (Å²) in [4.78, 5) is 26.1. The van der Waals surface area contributed by atoms with Crippen molar-refractivity contribution in [1.82, 2.24) is 0 Å². The minimum absolute atomic E-state index is 0.0531. The molecule has 6 heteroatoms. The summed E-state index contributed by atoms with van der Waals surface area (Å²) in [6, 6.07) is 9.83. The van der Waals surface area contributed by atoms with E-state index in [1.165, 1.54) is 12.1 Å². The molecule has 0 fully saturated rings. The predicted molar refractivity (Wildman–Crippen MR) is 96.0 cm³/mol. The van der Waals surface area contributed by atoms with Gasteiger partial charge in [0.25, 0.3) is 5.91 Å². The third kappa shape index (κ3) is 3.14. The Morgan fingerprint density at radius 2 is 1.92 bits per heavy atom. The van der Waals surface area contributed by atoms with Crippen molar-refractivity contribution < 1.29 is 18.7 Å². The van der Waals surface area contributed by atoms with E-state index < -0.39 is 5.82 Å². The summed E-state index contributed by atoms with van der Waals surface area (Å²) < 4.78 is 18.8. The molecular weight excluding hydrogens is 335 g/mol. The monoisotopic (exact) mass is 354 g/mol. The van der Waals surface area contributed by atoms with Gasteiger partial charge in [-0.2, -0.15) is 0 Å². The Kier molecular flexibility index (Phi) is 4.32. The average molecular weight is 354 g/mol. The van der Waals surface area contributed by atoms with Crippen molar-refractivity contribution in [2.24, 2.45) is 0 Å². The third-order valence-electron chi connectivity index (χ3n) is 4.75. The van der Waals surface area contributed by atoms with Gasteiger partial charge in [-0.15, -0.1) is 0 Å². The van der Waals surface area contributed by atoms with Crippen LogP contribution < -0.4 is 15.0 Å². The van der Waals surface area contributed by atoms with Gasteiger partial charge < -0.3 is 15.0 Å². The molecule has 0 aliphatic carbocycles. The number of carbonyl (C=O) groups excluding carboxylic acids is 2. The Bertz CT molecular complexity index is 864. The summed E-state index contributed by atoms with van der Waals surface area (Å²) in [6.07, 6.45) is 3.00. The summed E-state index contributed by atoms with van der Waals surface area (Å²) in [5, 5.41) is 2.82. The number of hydrogen-bond donors (Lipinski definition) is 1. The van der Waals surface area contributed by atoms with Crippen molar-refractivity contribution in [3.05, 3.63) is 53.3 Å². The quantitative estimate of drug-likeness (QED) is 0.918. The molecule has 0 bridgehead atoms. The summed E-state index contributed by atoms with van der Waals surface area (Å²) in [5.41, 5.74) is 3.89. The van der Waals surface area contributed by atoms with E-state index in [-0.39, 0.29) is 24.2 Å². The molecule has 0 atom stereocenters. The highest BCUT2D eigenvalue weighted by Gasteiger charge is 2.29. The largest absolute Gasteiger partial charge is 0.481 e. The van der Waals surface area contributed by atoms with Gasteiger partial charge in [0.15, 0.2) is 18.2 Å². The molecule has 2 aliphatic heterocycles. The summed E-state index contributed by atoms with van der Waals surface area (Å²) in [6.45, 7) is 0.499. The van der Waals surface area contributed by atoms with Crippen molar-refractivity contribution in [1.29, 1.82) is 0 Å². The number of nitrogens with zero attached hydrogens (tertiary/aromatic N) is 1. The molecule has 26 heavy (non-hydrogen) atoms. The van der Waals surface area contributed by atoms with Crippen molar-refractivity contribution in [3.8, 4) is 5.75 Å². The molecule has 0 aromatic heterocycles. The lowest BCUT2D eigenvalue weighted by Crippen LogP contribution is -2.39. The van der Waals surface area contributed by atoms with E-state index in [0.717, 1.165) is 36.2 Å². The molecule has 4 rings (SSSR count). The number of halogens is 1. The molecule has 0 saturated carbocycles. The van der Waals surface area contributed by atoms with E-state index in [4.69, 9.17) is 4.74 Å². The molecule has 0 radical (unpaired) electrons. The zero-order valence-corrected chi connectivity index (χ0v) is 14.3. The van der Waals surface area contributed by atoms with Gasteiger partial charge in [0.2, 0.25) is 5.91 Å². The SMILES string of the molecule is O=C(COc1ccccc1F)Nc1cc2c3c(c1)CCC(=O)N3CCC2. The number of anilines is 2. The van der Waals surface area contributed by atoms with Crippen molar-refractivity contribution >= 4 is 23.2 Å². The van der Waals surface area contributed by atoms with Crippen LogP contribution in [-0.2, 0) is 22.4 Å². The summed E-state index contributed by atoms with van der Waals surface area (Å²) >= 11 is 0. The van der Waals surface area contributed by atoms with Gasteiger partial charge in [0.05, 0.1) is 5.69 Å². The Balaban J connectivity index is 1.48. The van der Waals surface area contributed by atoms with Crippen LogP contribution in [0.15, 0.2) is 36.4 Å². The molecule has 0 unspecified atom stereocenters. The van der Waals surface area contributed by atoms with Gasteiger partial charge in [-0.25, -0.2) is 4.39 Å². The van der Waals surface area contributed by atoms with Crippen LogP contribution in [0.3, 0.4) is 0 Å². The van der Waals surface area contributed by atoms with Crippen LogP contribution >= 0.6 is 0 Å². The molecule has 2 amide bonds. The zero-order valence-electron chi connectivity index (χ0n) is 14.3. The van der Waals surface area contributed by atoms with Crippen LogP contribution in [0, 0.1) is 5.82 Å². The topological polar surface area (TPSA) is 58.6 Å². The number of para-hydroxylation sites is 1. The van der Waals surface area contributed by atoms with Crippen LogP contribution in [0.25, 0.3) is 0 Å². The average Bonchev–Trinajstić information content (AvgIpc) is 2.64. The normalized spacial score (nSPS) is 15.4. The Morgan fingerprint density at radius 3 is 2.73 bits per heavy atom. The first-order valence-corrected chi connectivity index (χ1v) is 8.75. The minimum atomic E-state index is -0.497. The number of amides is 2. The number of rotatable bonds is 4. The molecule has 0 spiro atoms. The second-order valence-electron chi connectivity index (χ2n) is 6.56. The van der Waals surface area contributed by atoms with Crippen LogP contribution in [0.5, 0.6) is 5.75 Å². The number of nitrogens with one attached hydrogen (secondary N) is 1. The first kappa shape index (κ1) is 16.6. The molecule has 2 aliphatic rings. The van der Waals surface area contributed by atoms with Gasteiger partial charge in [0.1, 0.15) is 0 Å². The Morgan fingerprint density at radius 1 is 1.15 bits per heavy atom. The molecule has 5 nitrogen and oxygen atoms in total. The predicted octanol–water partition coefficient (Wildman–Crippen LogP) is 3.07. The van der Waals surface area contributed by atoms with Crippen molar-refractivity contribution in [2.75, 3.05) is 23.4 Å². The minimum Gasteiger partial charge on any atom is -0.481 e. The number of ether oxygens (including phenoxy) is 1. The van der Waals surface area contributed by atoms with E-state index in [2.05, 4.69) is 5.32 Å².